The van der Waals surface area contributed by atoms with Crippen molar-refractivity contribution < 1.29 is 28.1 Å². The summed E-state index contributed by atoms with van der Waals surface area (Å²) in [6, 6.07) is -1.01. The number of nitrogens with zero attached hydrogens (tertiary/aromatic N) is 1. The third-order valence-corrected chi connectivity index (χ3v) is 3.92. The molecule has 0 aromatic carbocycles. The van der Waals surface area contributed by atoms with Crippen molar-refractivity contribution in [3.63, 3.8) is 0 Å². The third-order valence-electron chi connectivity index (χ3n) is 2.71. The number of carbonyl (C=O) groups excluding carboxylic acids is 3. The maximum Gasteiger partial charge on any atom is 0.372 e. The number of esters is 1. The van der Waals surface area contributed by atoms with Crippen molar-refractivity contribution in [2.24, 2.45) is 0 Å². The van der Waals surface area contributed by atoms with Gasteiger partial charge in [-0.15, -0.1) is 0 Å². The molecule has 22 heavy (non-hydrogen) atoms. The number of ketones is 1. The minimum Gasteiger partial charge on any atom is -0.461 e. The van der Waals surface area contributed by atoms with Crippen molar-refractivity contribution in [2.45, 2.75) is 51.0 Å². The molecule has 0 aliphatic carbocycles. The molecule has 0 rings (SSSR count). The van der Waals surface area contributed by atoms with Gasteiger partial charge in [0.05, 0.1) is 16.4 Å². The van der Waals surface area contributed by atoms with Gasteiger partial charge in [-0.25, -0.2) is 4.79 Å². The first kappa shape index (κ1) is 20.1. The monoisotopic (exact) mass is 332 g/mol. The van der Waals surface area contributed by atoms with Crippen molar-refractivity contribution in [1.82, 2.24) is 5.32 Å². The molecule has 9 heteroatoms. The largest absolute Gasteiger partial charge is 0.461 e. The number of rotatable bonds is 9. The number of hydrogen-bond donors (Lipinski definition) is 2. The summed E-state index contributed by atoms with van der Waals surface area (Å²) >= 11 is 0. The van der Waals surface area contributed by atoms with E-state index in [1.165, 1.54) is 13.2 Å². The molecule has 0 radical (unpaired) electrons. The van der Waals surface area contributed by atoms with Crippen molar-refractivity contribution in [1.29, 1.82) is 5.53 Å². The Balaban J connectivity index is 4.89. The summed E-state index contributed by atoms with van der Waals surface area (Å²) < 4.78 is 16.3. The highest BCUT2D eigenvalue weighted by Crippen LogP contribution is 2.05. The van der Waals surface area contributed by atoms with Crippen LogP contribution >= 0.6 is 0 Å². The summed E-state index contributed by atoms with van der Waals surface area (Å²) in [4.78, 5) is 38.0. The van der Waals surface area contributed by atoms with E-state index in [0.717, 1.165) is 6.21 Å². The molecule has 0 bridgehead atoms. The molecule has 0 saturated heterocycles. The molecule has 2 N–H and O–H groups in total. The van der Waals surface area contributed by atoms with E-state index < -0.39 is 39.8 Å². The topological polar surface area (TPSA) is 127 Å². The van der Waals surface area contributed by atoms with Crippen LogP contribution in [-0.2, 0) is 29.9 Å². The molecule has 3 atom stereocenters. The number of amides is 1. The zero-order valence-corrected chi connectivity index (χ0v) is 13.9. The van der Waals surface area contributed by atoms with Crippen LogP contribution < -0.4 is 5.32 Å². The molecule has 0 heterocycles. The smallest absolute Gasteiger partial charge is 0.372 e. The number of nitrogens with one attached hydrogen (secondary N) is 2. The summed E-state index contributed by atoms with van der Waals surface area (Å²) in [6.07, 6.45) is 1.81. The molecule has 0 aromatic heterocycles. The van der Waals surface area contributed by atoms with Crippen molar-refractivity contribution in [3.05, 3.63) is 0 Å². The normalized spacial score (nSPS) is 14.4. The Bertz CT molecular complexity index is 500. The van der Waals surface area contributed by atoms with E-state index in [2.05, 4.69) is 10.1 Å². The summed E-state index contributed by atoms with van der Waals surface area (Å²) in [5, 5.41) is 1.67. The van der Waals surface area contributed by atoms with Gasteiger partial charge in [0.2, 0.25) is 11.7 Å². The van der Waals surface area contributed by atoms with Crippen LogP contribution in [0, 0.1) is 5.53 Å². The maximum absolute atomic E-state index is 12.0. The highest BCUT2D eigenvalue weighted by molar-refractivity contribution is 7.85. The van der Waals surface area contributed by atoms with Gasteiger partial charge < -0.3 is 10.1 Å². The molecule has 0 fully saturated rings. The summed E-state index contributed by atoms with van der Waals surface area (Å²) in [6.45, 7) is 4.81. The Morgan fingerprint density at radius 3 is 2.36 bits per heavy atom. The van der Waals surface area contributed by atoms with E-state index in [1.807, 2.05) is 0 Å². The number of hydrogen-bond acceptors (Lipinski definition) is 6. The average Bonchev–Trinajstić information content (AvgIpc) is 2.41. The lowest BCUT2D eigenvalue weighted by atomic mass is 10.1. The Hall–Kier alpha value is -1.86. The van der Waals surface area contributed by atoms with Crippen LogP contribution in [-0.4, -0.2) is 56.5 Å². The minimum absolute atomic E-state index is 0.0191. The van der Waals surface area contributed by atoms with Gasteiger partial charge in [-0.2, -0.15) is 0 Å². The molecular formula is C13H22N3O5S+. The standard InChI is InChI=1S/C13H21N3O5S/c1-8(2)21-13(19)11(6-5-10(17)7-15-14)16-12(18)9(3)22(4)20/h7-9,11,14H,5-6H2,1-4H3/p+1/t9-,11-,22?/m0/s1. The second-order valence-corrected chi connectivity index (χ2v) is 6.66. The van der Waals surface area contributed by atoms with Gasteiger partial charge in [0.25, 0.3) is 0 Å². The fraction of sp³-hybridized carbons (Fsp3) is 0.692. The van der Waals surface area contributed by atoms with Crippen LogP contribution in [0.25, 0.3) is 0 Å². The van der Waals surface area contributed by atoms with Crippen LogP contribution in [0.15, 0.2) is 0 Å². The van der Waals surface area contributed by atoms with Crippen molar-refractivity contribution in [2.75, 3.05) is 6.26 Å². The van der Waals surface area contributed by atoms with E-state index in [9.17, 15) is 18.6 Å². The highest BCUT2D eigenvalue weighted by Gasteiger charge is 2.27. The zero-order valence-electron chi connectivity index (χ0n) is 13.1. The summed E-state index contributed by atoms with van der Waals surface area (Å²) in [5.74, 6) is -1.64. The molecule has 1 amide bonds. The van der Waals surface area contributed by atoms with Crippen LogP contribution in [0.4, 0.5) is 0 Å². The first-order chi connectivity index (χ1) is 10.2. The molecule has 0 aromatic rings. The highest BCUT2D eigenvalue weighted by atomic mass is 32.2. The summed E-state index contributed by atoms with van der Waals surface area (Å²) in [7, 11) is -1.37. The van der Waals surface area contributed by atoms with Crippen LogP contribution in [0.1, 0.15) is 33.6 Å². The molecule has 0 aliphatic rings. The van der Waals surface area contributed by atoms with Crippen molar-refractivity contribution in [3.8, 4) is 0 Å². The van der Waals surface area contributed by atoms with Gasteiger partial charge in [-0.1, -0.05) is 0 Å². The molecule has 0 saturated carbocycles. The lowest BCUT2D eigenvalue weighted by Gasteiger charge is -2.20. The fourth-order valence-corrected chi connectivity index (χ4v) is 1.80. The SMILES string of the molecule is CC(C)OC(=O)[C@H](CCC(=O)C=[N+]=N)NC(=O)[C@H](C)S(C)=O. The maximum atomic E-state index is 12.0. The van der Waals surface area contributed by atoms with Crippen LogP contribution in [0.2, 0.25) is 0 Å². The van der Waals surface area contributed by atoms with E-state index in [0.29, 0.717) is 0 Å². The van der Waals surface area contributed by atoms with Gasteiger partial charge in [0.15, 0.2) is 0 Å². The van der Waals surface area contributed by atoms with Crippen molar-refractivity contribution >= 4 is 34.7 Å². The molecular weight excluding hydrogens is 310 g/mol. The van der Waals surface area contributed by atoms with E-state index in [-0.39, 0.29) is 18.9 Å². The van der Waals surface area contributed by atoms with Crippen LogP contribution in [0.5, 0.6) is 0 Å². The predicted molar refractivity (Wildman–Crippen MR) is 80.0 cm³/mol. The predicted octanol–water partition coefficient (Wildman–Crippen LogP) is -0.151. The van der Waals surface area contributed by atoms with Gasteiger partial charge in [-0.3, -0.25) is 13.8 Å². The first-order valence-corrected chi connectivity index (χ1v) is 8.36. The van der Waals surface area contributed by atoms with Gasteiger partial charge >= 0.3 is 12.2 Å². The second-order valence-electron chi connectivity index (χ2n) is 4.95. The number of ether oxygens (including phenoxy) is 1. The minimum atomic E-state index is -1.37. The number of Topliss-reactive ketones (excluding diaryl/α,β-unsaturated/α-hetero) is 1. The fourth-order valence-electron chi connectivity index (χ4n) is 1.43. The van der Waals surface area contributed by atoms with Gasteiger partial charge in [0, 0.05) is 23.5 Å². The van der Waals surface area contributed by atoms with E-state index in [4.69, 9.17) is 10.3 Å². The molecule has 1 unspecified atom stereocenters. The molecule has 124 valence electrons. The average molecular weight is 332 g/mol. The third kappa shape index (κ3) is 7.80. The Labute approximate surface area is 131 Å². The van der Waals surface area contributed by atoms with E-state index in [1.54, 1.807) is 13.8 Å². The zero-order chi connectivity index (χ0) is 17.3. The molecule has 0 spiro atoms. The van der Waals surface area contributed by atoms with E-state index >= 15 is 0 Å². The summed E-state index contributed by atoms with van der Waals surface area (Å²) in [5.41, 5.74) is 6.57. The Morgan fingerprint density at radius 2 is 1.91 bits per heavy atom. The molecule has 0 aliphatic heterocycles. The number of carbonyl (C=O) groups is 3. The van der Waals surface area contributed by atoms with Crippen LogP contribution in [0.3, 0.4) is 0 Å². The second kappa shape index (κ2) is 9.97. The van der Waals surface area contributed by atoms with Gasteiger partial charge in [-0.05, 0) is 27.2 Å². The van der Waals surface area contributed by atoms with Gasteiger partial charge in [0.1, 0.15) is 11.3 Å². The Kier molecular flexibility index (Phi) is 9.12. The Morgan fingerprint density at radius 1 is 1.32 bits per heavy atom. The molecule has 8 nitrogen and oxygen atoms in total. The first-order valence-electron chi connectivity index (χ1n) is 6.74. The lowest BCUT2D eigenvalue weighted by Crippen LogP contribution is -2.47. The quantitative estimate of drug-likeness (QED) is 0.263. The lowest BCUT2D eigenvalue weighted by molar-refractivity contribution is -0.151.